The Morgan fingerprint density at radius 2 is 2.03 bits per heavy atom. The van der Waals surface area contributed by atoms with Crippen LogP contribution in [0.1, 0.15) is 44.4 Å². The SMILES string of the molecule is Cc1csc(=O)n1CC(=O)N(Cc1ccc2c(c1)OCO2)C1CCCC(C)C1C. The molecule has 1 aromatic carbocycles. The summed E-state index contributed by atoms with van der Waals surface area (Å²) in [6.45, 7) is 7.23. The molecule has 2 heterocycles. The first kappa shape index (κ1) is 20.0. The van der Waals surface area contributed by atoms with Crippen molar-refractivity contribution in [2.75, 3.05) is 6.79 Å². The first-order valence-electron chi connectivity index (χ1n) is 10.3. The van der Waals surface area contributed by atoms with Crippen LogP contribution in [0.2, 0.25) is 0 Å². The summed E-state index contributed by atoms with van der Waals surface area (Å²) in [6, 6.07) is 6.03. The van der Waals surface area contributed by atoms with Gasteiger partial charge in [0.25, 0.3) is 0 Å². The third kappa shape index (κ3) is 4.06. The number of rotatable bonds is 5. The number of hydrogen-bond donors (Lipinski definition) is 0. The van der Waals surface area contributed by atoms with Crippen molar-refractivity contribution >= 4 is 17.2 Å². The molecule has 7 heteroatoms. The van der Waals surface area contributed by atoms with Gasteiger partial charge in [-0.2, -0.15) is 0 Å². The zero-order chi connectivity index (χ0) is 20.5. The zero-order valence-electron chi connectivity index (χ0n) is 17.2. The van der Waals surface area contributed by atoms with Crippen LogP contribution in [0.4, 0.5) is 0 Å². The highest BCUT2D eigenvalue weighted by atomic mass is 32.1. The number of benzene rings is 1. The van der Waals surface area contributed by atoms with E-state index in [2.05, 4.69) is 13.8 Å². The Balaban J connectivity index is 1.61. The predicted molar refractivity (Wildman–Crippen MR) is 112 cm³/mol. The lowest BCUT2D eigenvalue weighted by atomic mass is 9.77. The van der Waals surface area contributed by atoms with Crippen molar-refractivity contribution in [1.29, 1.82) is 0 Å². The summed E-state index contributed by atoms with van der Waals surface area (Å²) < 4.78 is 12.5. The summed E-state index contributed by atoms with van der Waals surface area (Å²) in [7, 11) is 0. The number of thiazole rings is 1. The molecule has 156 valence electrons. The molecular formula is C22H28N2O4S. The largest absolute Gasteiger partial charge is 0.454 e. The summed E-state index contributed by atoms with van der Waals surface area (Å²) in [4.78, 5) is 27.5. The van der Waals surface area contributed by atoms with Crippen LogP contribution in [0.15, 0.2) is 28.4 Å². The van der Waals surface area contributed by atoms with E-state index in [9.17, 15) is 9.59 Å². The second kappa shape index (κ2) is 8.22. The molecule has 2 aromatic rings. The quantitative estimate of drug-likeness (QED) is 0.744. The van der Waals surface area contributed by atoms with Gasteiger partial charge in [-0.15, -0.1) is 0 Å². The van der Waals surface area contributed by atoms with Gasteiger partial charge in [0.2, 0.25) is 12.7 Å². The van der Waals surface area contributed by atoms with Crippen LogP contribution in [0.3, 0.4) is 0 Å². The van der Waals surface area contributed by atoms with Crippen LogP contribution in [-0.4, -0.2) is 28.2 Å². The van der Waals surface area contributed by atoms with Crippen molar-refractivity contribution in [2.24, 2.45) is 11.8 Å². The van der Waals surface area contributed by atoms with Crippen molar-refractivity contribution in [3.8, 4) is 11.5 Å². The third-order valence-corrected chi connectivity index (χ3v) is 7.33. The van der Waals surface area contributed by atoms with Gasteiger partial charge in [0.15, 0.2) is 11.5 Å². The molecule has 3 unspecified atom stereocenters. The fourth-order valence-corrected chi connectivity index (χ4v) is 5.18. The molecule has 1 aromatic heterocycles. The molecule has 4 rings (SSSR count). The first-order chi connectivity index (χ1) is 13.9. The van der Waals surface area contributed by atoms with Gasteiger partial charge in [0.05, 0.1) is 0 Å². The molecule has 1 saturated carbocycles. The Bertz CT molecular complexity index is 951. The normalized spacial score (nSPS) is 23.2. The predicted octanol–water partition coefficient (Wildman–Crippen LogP) is 3.80. The number of aryl methyl sites for hydroxylation is 1. The van der Waals surface area contributed by atoms with Crippen LogP contribution in [-0.2, 0) is 17.9 Å². The van der Waals surface area contributed by atoms with Crippen LogP contribution in [0.5, 0.6) is 11.5 Å². The Labute approximate surface area is 175 Å². The van der Waals surface area contributed by atoms with Crippen molar-refractivity contribution in [1.82, 2.24) is 9.47 Å². The lowest BCUT2D eigenvalue weighted by molar-refractivity contribution is -0.137. The monoisotopic (exact) mass is 416 g/mol. The molecule has 6 nitrogen and oxygen atoms in total. The molecule has 2 aliphatic rings. The van der Waals surface area contributed by atoms with E-state index in [1.54, 1.807) is 4.57 Å². The third-order valence-electron chi connectivity index (χ3n) is 6.44. The maximum atomic E-state index is 13.4. The summed E-state index contributed by atoms with van der Waals surface area (Å²) in [6.07, 6.45) is 3.32. The molecule has 0 saturated heterocycles. The standard InChI is InChI=1S/C22H28N2O4S/c1-14-5-4-6-18(16(14)3)24(21(25)11-23-15(2)12-29-22(23)26)10-17-7-8-19-20(9-17)28-13-27-19/h7-9,12,14,16,18H,4-6,10-11,13H2,1-3H3. The Kier molecular flexibility index (Phi) is 5.67. The van der Waals surface area contributed by atoms with Crippen LogP contribution in [0.25, 0.3) is 0 Å². The van der Waals surface area contributed by atoms with E-state index >= 15 is 0 Å². The van der Waals surface area contributed by atoms with E-state index in [1.807, 2.05) is 35.4 Å². The van der Waals surface area contributed by atoms with E-state index < -0.39 is 0 Å². The lowest BCUT2D eigenvalue weighted by Gasteiger charge is -2.42. The highest BCUT2D eigenvalue weighted by Gasteiger charge is 2.34. The number of amides is 1. The minimum absolute atomic E-state index is 0.00258. The minimum atomic E-state index is -0.0797. The van der Waals surface area contributed by atoms with Crippen LogP contribution >= 0.6 is 11.3 Å². The molecule has 1 amide bonds. The molecule has 0 N–H and O–H groups in total. The number of carbonyl (C=O) groups is 1. The van der Waals surface area contributed by atoms with Gasteiger partial charge < -0.3 is 14.4 Å². The average molecular weight is 417 g/mol. The molecule has 1 fully saturated rings. The number of aromatic nitrogens is 1. The van der Waals surface area contributed by atoms with Crippen molar-refractivity contribution in [3.63, 3.8) is 0 Å². The molecule has 1 aliphatic heterocycles. The molecule has 0 bridgehead atoms. The van der Waals surface area contributed by atoms with Gasteiger partial charge in [-0.25, -0.2) is 0 Å². The molecule has 0 radical (unpaired) electrons. The number of ether oxygens (including phenoxy) is 2. The molecular weight excluding hydrogens is 388 g/mol. The average Bonchev–Trinajstić information content (AvgIpc) is 3.29. The topological polar surface area (TPSA) is 60.8 Å². The Morgan fingerprint density at radius 1 is 1.24 bits per heavy atom. The Hall–Kier alpha value is -2.28. The summed E-state index contributed by atoms with van der Waals surface area (Å²) in [5.74, 6) is 2.46. The van der Waals surface area contributed by atoms with Crippen LogP contribution in [0, 0.1) is 18.8 Å². The maximum Gasteiger partial charge on any atom is 0.307 e. The van der Waals surface area contributed by atoms with Gasteiger partial charge in [0.1, 0.15) is 6.54 Å². The van der Waals surface area contributed by atoms with Gasteiger partial charge in [-0.1, -0.05) is 44.1 Å². The molecule has 1 aliphatic carbocycles. The van der Waals surface area contributed by atoms with Gasteiger partial charge >= 0.3 is 4.87 Å². The summed E-state index contributed by atoms with van der Waals surface area (Å²) in [5.41, 5.74) is 1.85. The highest BCUT2D eigenvalue weighted by Crippen LogP contribution is 2.36. The van der Waals surface area contributed by atoms with Gasteiger partial charge in [0, 0.05) is 23.7 Å². The number of carbonyl (C=O) groups excluding carboxylic acids is 1. The highest BCUT2D eigenvalue weighted by molar-refractivity contribution is 7.07. The minimum Gasteiger partial charge on any atom is -0.454 e. The number of fused-ring (bicyclic) bond motifs is 1. The molecule has 0 spiro atoms. The van der Waals surface area contributed by atoms with Crippen molar-refractivity contribution in [3.05, 3.63) is 44.5 Å². The van der Waals surface area contributed by atoms with Crippen molar-refractivity contribution in [2.45, 2.75) is 59.2 Å². The molecule has 3 atom stereocenters. The van der Waals surface area contributed by atoms with E-state index in [4.69, 9.17) is 9.47 Å². The smallest absolute Gasteiger partial charge is 0.307 e. The molecule has 29 heavy (non-hydrogen) atoms. The summed E-state index contributed by atoms with van der Waals surface area (Å²) in [5, 5.41) is 1.81. The maximum absolute atomic E-state index is 13.4. The van der Waals surface area contributed by atoms with Crippen LogP contribution < -0.4 is 14.3 Å². The van der Waals surface area contributed by atoms with E-state index in [0.717, 1.165) is 46.9 Å². The number of nitrogens with zero attached hydrogens (tertiary/aromatic N) is 2. The van der Waals surface area contributed by atoms with E-state index in [0.29, 0.717) is 18.4 Å². The first-order valence-corrected chi connectivity index (χ1v) is 11.1. The van der Waals surface area contributed by atoms with E-state index in [1.165, 1.54) is 6.42 Å². The fraction of sp³-hybridized carbons (Fsp3) is 0.545. The lowest BCUT2D eigenvalue weighted by Crippen LogP contribution is -2.48. The zero-order valence-corrected chi connectivity index (χ0v) is 18.0. The van der Waals surface area contributed by atoms with Gasteiger partial charge in [-0.3, -0.25) is 14.2 Å². The Morgan fingerprint density at radius 3 is 2.79 bits per heavy atom. The second-order valence-corrected chi connectivity index (χ2v) is 9.09. The fourth-order valence-electron chi connectivity index (χ4n) is 4.44. The van der Waals surface area contributed by atoms with Gasteiger partial charge in [-0.05, 0) is 42.9 Å². The van der Waals surface area contributed by atoms with E-state index in [-0.39, 0.29) is 30.2 Å². The number of hydrogen-bond acceptors (Lipinski definition) is 5. The second-order valence-electron chi connectivity index (χ2n) is 8.27. The summed E-state index contributed by atoms with van der Waals surface area (Å²) >= 11 is 1.14. The van der Waals surface area contributed by atoms with Crippen molar-refractivity contribution < 1.29 is 14.3 Å².